The second-order valence-electron chi connectivity index (χ2n) is 6.04. The second-order valence-corrected chi connectivity index (χ2v) is 7.12. The number of piperidine rings is 1. The van der Waals surface area contributed by atoms with Crippen molar-refractivity contribution in [1.82, 2.24) is 10.2 Å². The largest absolute Gasteiger partial charge is 0.310 e. The maximum absolute atomic E-state index is 3.94. The zero-order chi connectivity index (χ0) is 13.0. The fourth-order valence-corrected chi connectivity index (χ4v) is 4.59. The Bertz CT molecular complexity index is 239. The number of rotatable bonds is 5. The van der Waals surface area contributed by atoms with Gasteiger partial charge in [0.05, 0.1) is 0 Å². The van der Waals surface area contributed by atoms with E-state index in [0.717, 1.165) is 17.2 Å². The van der Waals surface area contributed by atoms with Crippen molar-refractivity contribution in [3.63, 3.8) is 0 Å². The fourth-order valence-electron chi connectivity index (χ4n) is 3.64. The van der Waals surface area contributed by atoms with Gasteiger partial charge in [-0.05, 0) is 64.4 Å². The van der Waals surface area contributed by atoms with Crippen LogP contribution in [0.15, 0.2) is 0 Å². The minimum atomic E-state index is 0.710. The highest BCUT2D eigenvalue weighted by molar-refractivity contribution is 7.99. The van der Waals surface area contributed by atoms with Gasteiger partial charge in [-0.2, -0.15) is 11.8 Å². The number of nitrogens with zero attached hydrogens (tertiary/aromatic N) is 1. The van der Waals surface area contributed by atoms with Crippen molar-refractivity contribution >= 4 is 11.8 Å². The zero-order valence-corrected chi connectivity index (χ0v) is 13.1. The van der Waals surface area contributed by atoms with Gasteiger partial charge in [0.2, 0.25) is 0 Å². The van der Waals surface area contributed by atoms with Crippen molar-refractivity contribution in [2.45, 2.75) is 63.3 Å². The van der Waals surface area contributed by atoms with Gasteiger partial charge in [-0.3, -0.25) is 0 Å². The predicted octanol–water partition coefficient (Wildman–Crippen LogP) is 2.98. The molecule has 1 aliphatic heterocycles. The molecule has 2 nitrogen and oxygen atoms in total. The van der Waals surface area contributed by atoms with Crippen LogP contribution in [0.25, 0.3) is 0 Å². The Morgan fingerprint density at radius 1 is 1.22 bits per heavy atom. The van der Waals surface area contributed by atoms with Gasteiger partial charge in [-0.25, -0.2) is 0 Å². The van der Waals surface area contributed by atoms with Crippen LogP contribution in [0.5, 0.6) is 0 Å². The molecule has 0 radical (unpaired) electrons. The number of thioether (sulfide) groups is 1. The molecule has 1 N–H and O–H groups in total. The van der Waals surface area contributed by atoms with Crippen molar-refractivity contribution in [3.8, 4) is 0 Å². The van der Waals surface area contributed by atoms with Crippen LogP contribution in [-0.2, 0) is 0 Å². The summed E-state index contributed by atoms with van der Waals surface area (Å²) in [7, 11) is 0. The molecule has 3 atom stereocenters. The van der Waals surface area contributed by atoms with Gasteiger partial charge in [0.15, 0.2) is 0 Å². The van der Waals surface area contributed by atoms with Crippen LogP contribution in [0.3, 0.4) is 0 Å². The Balaban J connectivity index is 1.76. The van der Waals surface area contributed by atoms with Crippen molar-refractivity contribution in [2.24, 2.45) is 5.92 Å². The van der Waals surface area contributed by atoms with E-state index in [-0.39, 0.29) is 0 Å². The first kappa shape index (κ1) is 14.7. The van der Waals surface area contributed by atoms with Crippen LogP contribution in [0.1, 0.15) is 46.0 Å². The standard InChI is InChI=1S/C15H30N2S/c1-4-17-10-8-13(9-11-17)12(2)16-14-6-5-7-15(14)18-3/h12-16H,4-11H2,1-3H3. The minimum absolute atomic E-state index is 0.710. The first-order valence-corrected chi connectivity index (χ1v) is 9.04. The van der Waals surface area contributed by atoms with Crippen molar-refractivity contribution in [1.29, 1.82) is 0 Å². The molecule has 0 amide bonds. The Labute approximate surface area is 117 Å². The Kier molecular flexibility index (Phi) is 5.84. The predicted molar refractivity (Wildman–Crippen MR) is 82.4 cm³/mol. The maximum Gasteiger partial charge on any atom is 0.0198 e. The number of hydrogen-bond donors (Lipinski definition) is 1. The van der Waals surface area contributed by atoms with Crippen LogP contribution in [0, 0.1) is 5.92 Å². The SMILES string of the molecule is CCN1CCC(C(C)NC2CCCC2SC)CC1. The van der Waals surface area contributed by atoms with Crippen LogP contribution >= 0.6 is 11.8 Å². The third-order valence-corrected chi connectivity index (χ3v) is 6.19. The lowest BCUT2D eigenvalue weighted by Crippen LogP contribution is -2.47. The molecule has 0 aromatic carbocycles. The Morgan fingerprint density at radius 3 is 2.56 bits per heavy atom. The highest BCUT2D eigenvalue weighted by atomic mass is 32.2. The van der Waals surface area contributed by atoms with Crippen molar-refractivity contribution in [3.05, 3.63) is 0 Å². The summed E-state index contributed by atoms with van der Waals surface area (Å²) in [5.74, 6) is 0.899. The quantitative estimate of drug-likeness (QED) is 0.827. The highest BCUT2D eigenvalue weighted by Crippen LogP contribution is 2.30. The van der Waals surface area contributed by atoms with Gasteiger partial charge in [0.1, 0.15) is 0 Å². The summed E-state index contributed by atoms with van der Waals surface area (Å²) in [5.41, 5.74) is 0. The smallest absolute Gasteiger partial charge is 0.0198 e. The van der Waals surface area contributed by atoms with Crippen molar-refractivity contribution < 1.29 is 0 Å². The summed E-state index contributed by atoms with van der Waals surface area (Å²) in [5, 5.41) is 4.81. The summed E-state index contributed by atoms with van der Waals surface area (Å²) in [6, 6.07) is 1.49. The Morgan fingerprint density at radius 2 is 1.94 bits per heavy atom. The van der Waals surface area contributed by atoms with E-state index in [1.54, 1.807) is 0 Å². The molecule has 106 valence electrons. The van der Waals surface area contributed by atoms with Crippen LogP contribution < -0.4 is 5.32 Å². The van der Waals surface area contributed by atoms with E-state index >= 15 is 0 Å². The summed E-state index contributed by atoms with van der Waals surface area (Å²) >= 11 is 2.06. The van der Waals surface area contributed by atoms with E-state index in [2.05, 4.69) is 42.1 Å². The molecular formula is C15H30N2S. The molecule has 1 aliphatic carbocycles. The summed E-state index contributed by atoms with van der Waals surface area (Å²) < 4.78 is 0. The molecule has 1 heterocycles. The molecule has 3 unspecified atom stereocenters. The van der Waals surface area contributed by atoms with Gasteiger partial charge in [0, 0.05) is 17.3 Å². The monoisotopic (exact) mass is 270 g/mol. The molecule has 0 aromatic rings. The highest BCUT2D eigenvalue weighted by Gasteiger charge is 2.30. The molecule has 0 bridgehead atoms. The average Bonchev–Trinajstić information content (AvgIpc) is 2.86. The van der Waals surface area contributed by atoms with Gasteiger partial charge in [-0.15, -0.1) is 0 Å². The lowest BCUT2D eigenvalue weighted by atomic mass is 9.90. The zero-order valence-electron chi connectivity index (χ0n) is 12.3. The fraction of sp³-hybridized carbons (Fsp3) is 1.00. The Hall–Kier alpha value is 0.270. The molecular weight excluding hydrogens is 240 g/mol. The third kappa shape index (κ3) is 3.64. The first-order chi connectivity index (χ1) is 8.74. The molecule has 0 aromatic heterocycles. The molecule has 0 spiro atoms. The average molecular weight is 270 g/mol. The van der Waals surface area contributed by atoms with Crippen LogP contribution in [0.4, 0.5) is 0 Å². The van der Waals surface area contributed by atoms with E-state index < -0.39 is 0 Å². The van der Waals surface area contributed by atoms with E-state index in [0.29, 0.717) is 6.04 Å². The van der Waals surface area contributed by atoms with E-state index in [1.807, 2.05) is 0 Å². The second kappa shape index (κ2) is 7.16. The van der Waals surface area contributed by atoms with E-state index in [1.165, 1.54) is 51.7 Å². The molecule has 2 aliphatic rings. The summed E-state index contributed by atoms with van der Waals surface area (Å²) in [6.07, 6.45) is 9.28. The first-order valence-electron chi connectivity index (χ1n) is 7.75. The number of nitrogens with one attached hydrogen (secondary N) is 1. The maximum atomic E-state index is 3.94. The van der Waals surface area contributed by atoms with E-state index in [4.69, 9.17) is 0 Å². The molecule has 1 saturated heterocycles. The van der Waals surface area contributed by atoms with E-state index in [9.17, 15) is 0 Å². The molecule has 18 heavy (non-hydrogen) atoms. The molecule has 3 heteroatoms. The van der Waals surface area contributed by atoms with Gasteiger partial charge in [-0.1, -0.05) is 13.3 Å². The van der Waals surface area contributed by atoms with Gasteiger partial charge < -0.3 is 10.2 Å². The van der Waals surface area contributed by atoms with Gasteiger partial charge >= 0.3 is 0 Å². The molecule has 2 fully saturated rings. The van der Waals surface area contributed by atoms with Crippen LogP contribution in [-0.4, -0.2) is 48.1 Å². The topological polar surface area (TPSA) is 15.3 Å². The lowest BCUT2D eigenvalue weighted by molar-refractivity contribution is 0.164. The summed E-state index contributed by atoms with van der Waals surface area (Å²) in [6.45, 7) is 8.55. The van der Waals surface area contributed by atoms with Gasteiger partial charge in [0.25, 0.3) is 0 Å². The number of likely N-dealkylation sites (tertiary alicyclic amines) is 1. The third-order valence-electron chi connectivity index (χ3n) is 5.02. The normalized spacial score (nSPS) is 32.8. The lowest BCUT2D eigenvalue weighted by Gasteiger charge is -2.36. The van der Waals surface area contributed by atoms with Crippen LogP contribution in [0.2, 0.25) is 0 Å². The molecule has 2 rings (SSSR count). The van der Waals surface area contributed by atoms with Crippen molar-refractivity contribution in [2.75, 3.05) is 25.9 Å². The number of hydrogen-bond acceptors (Lipinski definition) is 3. The summed E-state index contributed by atoms with van der Waals surface area (Å²) in [4.78, 5) is 2.59. The minimum Gasteiger partial charge on any atom is -0.310 e. The molecule has 1 saturated carbocycles.